The fraction of sp³-hybridized carbons (Fsp3) is 0.143. The molecule has 17 heavy (non-hydrogen) atoms. The van der Waals surface area contributed by atoms with Gasteiger partial charge < -0.3 is 4.18 Å². The summed E-state index contributed by atoms with van der Waals surface area (Å²) in [5, 5.41) is 0. The SMILES string of the molecule is O=S(=O)(Oc1cc(F)c(F)cc1Br)C(F)(F)F. The lowest BCUT2D eigenvalue weighted by Gasteiger charge is -2.10. The summed E-state index contributed by atoms with van der Waals surface area (Å²) in [7, 11) is -5.92. The van der Waals surface area contributed by atoms with Crippen LogP contribution < -0.4 is 4.18 Å². The zero-order valence-electron chi connectivity index (χ0n) is 7.56. The van der Waals surface area contributed by atoms with Crippen LogP contribution >= 0.6 is 15.9 Å². The zero-order chi connectivity index (χ0) is 13.4. The van der Waals surface area contributed by atoms with Crippen LogP contribution in [0.3, 0.4) is 0 Å². The minimum absolute atomic E-state index is 0.183. The van der Waals surface area contributed by atoms with Gasteiger partial charge in [0, 0.05) is 6.07 Å². The molecule has 0 heterocycles. The average molecular weight is 341 g/mol. The van der Waals surface area contributed by atoms with Gasteiger partial charge in [-0.25, -0.2) is 8.78 Å². The molecule has 0 N–H and O–H groups in total. The van der Waals surface area contributed by atoms with Crippen LogP contribution in [0.5, 0.6) is 5.75 Å². The molecule has 0 fully saturated rings. The Morgan fingerprint density at radius 2 is 1.59 bits per heavy atom. The summed E-state index contributed by atoms with van der Waals surface area (Å²) < 4.78 is 85.4. The van der Waals surface area contributed by atoms with Gasteiger partial charge in [0.1, 0.15) is 0 Å². The third-order valence-corrected chi connectivity index (χ3v) is 3.04. The summed E-state index contributed by atoms with van der Waals surface area (Å²) in [4.78, 5) is 0. The van der Waals surface area contributed by atoms with E-state index >= 15 is 0 Å². The molecular formula is C7H2BrF5O3S. The van der Waals surface area contributed by atoms with Crippen LogP contribution in [0.4, 0.5) is 22.0 Å². The Morgan fingerprint density at radius 3 is 2.06 bits per heavy atom. The maximum absolute atomic E-state index is 12.7. The predicted molar refractivity (Wildman–Crippen MR) is 49.7 cm³/mol. The van der Waals surface area contributed by atoms with Gasteiger partial charge in [-0.1, -0.05) is 0 Å². The van der Waals surface area contributed by atoms with Gasteiger partial charge in [-0.3, -0.25) is 0 Å². The first-order chi connectivity index (χ1) is 7.54. The smallest absolute Gasteiger partial charge is 0.375 e. The lowest BCUT2D eigenvalue weighted by atomic mass is 10.3. The Labute approximate surface area is 100 Å². The van der Waals surface area contributed by atoms with Gasteiger partial charge in [-0.15, -0.1) is 0 Å². The first-order valence-electron chi connectivity index (χ1n) is 3.70. The van der Waals surface area contributed by atoms with Crippen molar-refractivity contribution in [3.63, 3.8) is 0 Å². The minimum atomic E-state index is -5.92. The highest BCUT2D eigenvalue weighted by molar-refractivity contribution is 9.10. The Hall–Kier alpha value is -0.900. The van der Waals surface area contributed by atoms with Crippen LogP contribution in [-0.4, -0.2) is 13.9 Å². The number of benzene rings is 1. The van der Waals surface area contributed by atoms with E-state index in [9.17, 15) is 30.4 Å². The van der Waals surface area contributed by atoms with Crippen molar-refractivity contribution >= 4 is 26.0 Å². The molecule has 1 aromatic rings. The lowest BCUT2D eigenvalue weighted by molar-refractivity contribution is -0.0500. The number of hydrogen-bond acceptors (Lipinski definition) is 3. The van der Waals surface area contributed by atoms with Gasteiger partial charge >= 0.3 is 15.6 Å². The highest BCUT2D eigenvalue weighted by atomic mass is 79.9. The molecule has 1 aromatic carbocycles. The third kappa shape index (κ3) is 3.06. The largest absolute Gasteiger partial charge is 0.534 e. The van der Waals surface area contributed by atoms with Crippen molar-refractivity contribution in [1.29, 1.82) is 0 Å². The molecule has 0 amide bonds. The van der Waals surface area contributed by atoms with Crippen LogP contribution in [0.2, 0.25) is 0 Å². The second-order valence-corrected chi connectivity index (χ2v) is 5.07. The highest BCUT2D eigenvalue weighted by Crippen LogP contribution is 2.32. The number of rotatable bonds is 2. The van der Waals surface area contributed by atoms with E-state index in [1.807, 2.05) is 0 Å². The first-order valence-corrected chi connectivity index (χ1v) is 5.90. The fourth-order valence-corrected chi connectivity index (χ4v) is 1.71. The molecule has 0 unspecified atom stereocenters. The maximum atomic E-state index is 12.7. The van der Waals surface area contributed by atoms with E-state index in [0.29, 0.717) is 6.07 Å². The van der Waals surface area contributed by atoms with E-state index in [1.54, 1.807) is 0 Å². The van der Waals surface area contributed by atoms with Gasteiger partial charge in [0.05, 0.1) is 4.47 Å². The summed E-state index contributed by atoms with van der Waals surface area (Å²) in [6.07, 6.45) is 0. The van der Waals surface area contributed by atoms with Crippen molar-refractivity contribution < 1.29 is 34.6 Å². The van der Waals surface area contributed by atoms with Gasteiger partial charge in [0.25, 0.3) is 0 Å². The average Bonchev–Trinajstić information content (AvgIpc) is 2.12. The minimum Gasteiger partial charge on any atom is -0.375 e. The fourth-order valence-electron chi connectivity index (χ4n) is 0.734. The molecule has 0 bridgehead atoms. The molecule has 10 heteroatoms. The Balaban J connectivity index is 3.18. The van der Waals surface area contributed by atoms with Crippen LogP contribution in [0.1, 0.15) is 0 Å². The number of halogens is 6. The molecule has 0 saturated heterocycles. The monoisotopic (exact) mass is 340 g/mol. The van der Waals surface area contributed by atoms with Gasteiger partial charge in [0.2, 0.25) is 0 Å². The molecule has 0 radical (unpaired) electrons. The van der Waals surface area contributed by atoms with Crippen molar-refractivity contribution in [2.45, 2.75) is 5.51 Å². The van der Waals surface area contributed by atoms with Crippen LogP contribution in [0.25, 0.3) is 0 Å². The molecule has 0 saturated carbocycles. The second kappa shape index (κ2) is 4.41. The Morgan fingerprint density at radius 1 is 1.12 bits per heavy atom. The molecule has 0 spiro atoms. The van der Waals surface area contributed by atoms with E-state index in [2.05, 4.69) is 20.1 Å². The molecule has 0 aliphatic rings. The maximum Gasteiger partial charge on any atom is 0.534 e. The molecule has 96 valence electrons. The van der Waals surface area contributed by atoms with E-state index in [4.69, 9.17) is 0 Å². The van der Waals surface area contributed by atoms with Crippen LogP contribution in [0.15, 0.2) is 16.6 Å². The topological polar surface area (TPSA) is 43.4 Å². The third-order valence-electron chi connectivity index (χ3n) is 1.46. The van der Waals surface area contributed by atoms with Gasteiger partial charge in [-0.05, 0) is 22.0 Å². The van der Waals surface area contributed by atoms with Crippen molar-refractivity contribution in [1.82, 2.24) is 0 Å². The molecule has 0 atom stereocenters. The molecular weight excluding hydrogens is 339 g/mol. The summed E-state index contributed by atoms with van der Waals surface area (Å²) in [6, 6.07) is 0.624. The number of hydrogen-bond donors (Lipinski definition) is 0. The highest BCUT2D eigenvalue weighted by Gasteiger charge is 2.48. The van der Waals surface area contributed by atoms with E-state index in [-0.39, 0.29) is 6.07 Å². The molecule has 0 aliphatic carbocycles. The van der Waals surface area contributed by atoms with Crippen LogP contribution in [0, 0.1) is 11.6 Å². The predicted octanol–water partition coefficient (Wildman–Crippen LogP) is 2.96. The standard InChI is InChI=1S/C7H2BrF5O3S/c8-3-1-4(9)5(10)2-6(3)16-17(14,15)7(11,12)13/h1-2H. The van der Waals surface area contributed by atoms with Crippen molar-refractivity contribution in [2.24, 2.45) is 0 Å². The molecule has 0 aromatic heterocycles. The lowest BCUT2D eigenvalue weighted by Crippen LogP contribution is -2.28. The Kier molecular flexibility index (Phi) is 3.67. The molecule has 3 nitrogen and oxygen atoms in total. The van der Waals surface area contributed by atoms with E-state index in [0.717, 1.165) is 0 Å². The molecule has 0 aliphatic heterocycles. The quantitative estimate of drug-likeness (QED) is 0.360. The van der Waals surface area contributed by atoms with Crippen molar-refractivity contribution in [3.05, 3.63) is 28.2 Å². The summed E-state index contributed by atoms with van der Waals surface area (Å²) >= 11 is 2.54. The first kappa shape index (κ1) is 14.2. The number of alkyl halides is 3. The van der Waals surface area contributed by atoms with E-state index in [1.165, 1.54) is 0 Å². The van der Waals surface area contributed by atoms with Crippen molar-refractivity contribution in [3.8, 4) is 5.75 Å². The summed E-state index contributed by atoms with van der Waals surface area (Å²) in [5.74, 6) is -3.91. The zero-order valence-corrected chi connectivity index (χ0v) is 9.96. The summed E-state index contributed by atoms with van der Waals surface area (Å²) in [5.41, 5.74) is -5.66. The van der Waals surface area contributed by atoms with Gasteiger partial charge in [-0.2, -0.15) is 21.6 Å². The van der Waals surface area contributed by atoms with Gasteiger partial charge in [0.15, 0.2) is 17.4 Å². The second-order valence-electron chi connectivity index (χ2n) is 2.68. The molecule has 1 rings (SSSR count). The van der Waals surface area contributed by atoms with E-state index < -0.39 is 37.5 Å². The normalized spacial score (nSPS) is 12.6. The van der Waals surface area contributed by atoms with Crippen molar-refractivity contribution in [2.75, 3.05) is 0 Å². The summed E-state index contributed by atoms with van der Waals surface area (Å²) in [6.45, 7) is 0. The Bertz CT molecular complexity index is 539. The van der Waals surface area contributed by atoms with Crippen LogP contribution in [-0.2, 0) is 10.1 Å².